The summed E-state index contributed by atoms with van der Waals surface area (Å²) in [5.74, 6) is 8.42. The van der Waals surface area contributed by atoms with E-state index in [0.717, 1.165) is 52.8 Å². The van der Waals surface area contributed by atoms with E-state index in [4.69, 9.17) is 11.6 Å². The first kappa shape index (κ1) is 11.8. The molecule has 0 aliphatic heterocycles. The molecule has 8 fully saturated rings. The lowest BCUT2D eigenvalue weighted by Crippen LogP contribution is -2.68. The van der Waals surface area contributed by atoms with Crippen LogP contribution in [0.4, 0.5) is 0 Å². The first-order chi connectivity index (χ1) is 9.75. The number of halogens is 1. The summed E-state index contributed by atoms with van der Waals surface area (Å²) in [6, 6.07) is 0. The lowest BCUT2D eigenvalue weighted by atomic mass is 9.32. The molecule has 8 aliphatic carbocycles. The van der Waals surface area contributed by atoms with E-state index in [9.17, 15) is 0 Å². The third-order valence-electron chi connectivity index (χ3n) is 9.16. The zero-order valence-electron chi connectivity index (χ0n) is 12.4. The SMILES string of the molecule is ClC1[C@@H]2C[C@H]3C[C@@H](C2)C2(C4CC5CC(C4)CC2C5)[C@@H]1C3. The molecule has 0 saturated heterocycles. The number of alkyl halides is 1. The van der Waals surface area contributed by atoms with E-state index in [1.165, 1.54) is 19.3 Å². The summed E-state index contributed by atoms with van der Waals surface area (Å²) >= 11 is 7.05. The summed E-state index contributed by atoms with van der Waals surface area (Å²) in [6.07, 6.45) is 14.1. The fraction of sp³-hybridized carbons (Fsp3) is 1.00. The molecule has 0 aromatic rings. The molecule has 8 bridgehead atoms. The van der Waals surface area contributed by atoms with Gasteiger partial charge < -0.3 is 0 Å². The van der Waals surface area contributed by atoms with Crippen molar-refractivity contribution in [3.05, 3.63) is 0 Å². The van der Waals surface area contributed by atoms with Gasteiger partial charge in [0.2, 0.25) is 0 Å². The molecular weight excluding hydrogens is 264 g/mol. The Bertz CT molecular complexity index is 418. The minimum Gasteiger partial charge on any atom is -0.122 e. The monoisotopic (exact) mass is 290 g/mol. The molecule has 0 aromatic carbocycles. The molecule has 110 valence electrons. The third-order valence-corrected chi connectivity index (χ3v) is 9.83. The van der Waals surface area contributed by atoms with Gasteiger partial charge in [0, 0.05) is 5.38 Å². The molecule has 1 unspecified atom stereocenters. The van der Waals surface area contributed by atoms with Crippen LogP contribution in [0.25, 0.3) is 0 Å². The molecule has 8 rings (SSSR count). The third kappa shape index (κ3) is 1.17. The zero-order valence-corrected chi connectivity index (χ0v) is 13.2. The van der Waals surface area contributed by atoms with Crippen molar-refractivity contribution in [1.29, 1.82) is 0 Å². The van der Waals surface area contributed by atoms with Crippen LogP contribution in [-0.4, -0.2) is 5.38 Å². The molecule has 5 atom stereocenters. The van der Waals surface area contributed by atoms with Gasteiger partial charge in [-0.25, -0.2) is 0 Å². The predicted molar refractivity (Wildman–Crippen MR) is 81.5 cm³/mol. The highest BCUT2D eigenvalue weighted by molar-refractivity contribution is 6.21. The topological polar surface area (TPSA) is 0 Å². The fourth-order valence-corrected chi connectivity index (χ4v) is 9.75. The van der Waals surface area contributed by atoms with Crippen molar-refractivity contribution in [3.63, 3.8) is 0 Å². The van der Waals surface area contributed by atoms with Crippen molar-refractivity contribution < 1.29 is 0 Å². The number of rotatable bonds is 0. The van der Waals surface area contributed by atoms with Crippen LogP contribution in [0.2, 0.25) is 0 Å². The van der Waals surface area contributed by atoms with E-state index >= 15 is 0 Å². The van der Waals surface area contributed by atoms with Crippen LogP contribution in [0, 0.1) is 52.8 Å². The highest BCUT2D eigenvalue weighted by Crippen LogP contribution is 2.75. The Kier molecular flexibility index (Phi) is 2.13. The second kappa shape index (κ2) is 3.61. The van der Waals surface area contributed by atoms with Gasteiger partial charge in [-0.2, -0.15) is 0 Å². The van der Waals surface area contributed by atoms with Crippen LogP contribution in [0.15, 0.2) is 0 Å². The summed E-state index contributed by atoms with van der Waals surface area (Å²) in [4.78, 5) is 0. The highest BCUT2D eigenvalue weighted by Gasteiger charge is 2.69. The Morgan fingerprint density at radius 1 is 0.600 bits per heavy atom. The molecule has 0 amide bonds. The molecule has 0 nitrogen and oxygen atoms in total. The second-order valence-corrected chi connectivity index (χ2v) is 10.1. The van der Waals surface area contributed by atoms with Crippen molar-refractivity contribution in [3.8, 4) is 0 Å². The van der Waals surface area contributed by atoms with E-state index < -0.39 is 0 Å². The van der Waals surface area contributed by atoms with Gasteiger partial charge in [-0.3, -0.25) is 0 Å². The number of hydrogen-bond acceptors (Lipinski definition) is 0. The van der Waals surface area contributed by atoms with Gasteiger partial charge in [-0.05, 0) is 111 Å². The van der Waals surface area contributed by atoms with E-state index in [2.05, 4.69) is 0 Å². The molecule has 0 radical (unpaired) electrons. The largest absolute Gasteiger partial charge is 0.122 e. The summed E-state index contributed by atoms with van der Waals surface area (Å²) in [5.41, 5.74) is 0.743. The standard InChI is InChI=1S/C19H27Cl/c20-18-13-2-12-7-16(9-13)19(17(18)8-12)14-3-10-1-11(5-14)6-15(19)4-10/h10-18H,1-9H2/t10?,11?,12-,13+,14?,15?,16-,17+,18?,19?/m0/s1. The minimum absolute atomic E-state index is 0.556. The van der Waals surface area contributed by atoms with Crippen molar-refractivity contribution in [2.24, 2.45) is 52.8 Å². The van der Waals surface area contributed by atoms with Crippen LogP contribution < -0.4 is 0 Å². The lowest BCUT2D eigenvalue weighted by Gasteiger charge is -2.73. The van der Waals surface area contributed by atoms with Crippen molar-refractivity contribution >= 4 is 11.6 Å². The van der Waals surface area contributed by atoms with Gasteiger partial charge in [0.05, 0.1) is 0 Å². The first-order valence-electron chi connectivity index (χ1n) is 9.39. The van der Waals surface area contributed by atoms with E-state index in [1.807, 2.05) is 0 Å². The van der Waals surface area contributed by atoms with Crippen LogP contribution in [0.3, 0.4) is 0 Å². The summed E-state index contributed by atoms with van der Waals surface area (Å²) < 4.78 is 0. The van der Waals surface area contributed by atoms with Gasteiger partial charge in [0.1, 0.15) is 0 Å². The maximum absolute atomic E-state index is 7.05. The van der Waals surface area contributed by atoms with E-state index in [1.54, 1.807) is 38.5 Å². The molecule has 1 heteroatoms. The highest BCUT2D eigenvalue weighted by atomic mass is 35.5. The van der Waals surface area contributed by atoms with Crippen LogP contribution >= 0.6 is 11.6 Å². The summed E-state index contributed by atoms with van der Waals surface area (Å²) in [7, 11) is 0. The Labute approximate surface area is 128 Å². The maximum atomic E-state index is 7.05. The molecule has 20 heavy (non-hydrogen) atoms. The van der Waals surface area contributed by atoms with Gasteiger partial charge in [0.15, 0.2) is 0 Å². The normalized spacial score (nSPS) is 69.2. The quantitative estimate of drug-likeness (QED) is 0.544. The molecule has 0 N–H and O–H groups in total. The van der Waals surface area contributed by atoms with Gasteiger partial charge in [-0.1, -0.05) is 0 Å². The Hall–Kier alpha value is 0.290. The smallest absolute Gasteiger partial charge is 0.0398 e. The van der Waals surface area contributed by atoms with E-state index in [0.29, 0.717) is 5.38 Å². The van der Waals surface area contributed by atoms with E-state index in [-0.39, 0.29) is 0 Å². The minimum atomic E-state index is 0.556. The van der Waals surface area contributed by atoms with Gasteiger partial charge >= 0.3 is 0 Å². The van der Waals surface area contributed by atoms with Crippen molar-refractivity contribution in [2.45, 2.75) is 63.2 Å². The Morgan fingerprint density at radius 2 is 1.15 bits per heavy atom. The second-order valence-electron chi connectivity index (χ2n) is 9.62. The Morgan fingerprint density at radius 3 is 1.80 bits per heavy atom. The van der Waals surface area contributed by atoms with Crippen LogP contribution in [-0.2, 0) is 0 Å². The lowest BCUT2D eigenvalue weighted by molar-refractivity contribution is -0.233. The molecular formula is C19H27Cl. The molecule has 0 aromatic heterocycles. The molecule has 0 heterocycles. The average Bonchev–Trinajstić information content (AvgIpc) is 2.42. The van der Waals surface area contributed by atoms with Gasteiger partial charge in [-0.15, -0.1) is 11.6 Å². The fourth-order valence-electron chi connectivity index (χ4n) is 9.22. The molecule has 8 aliphatic rings. The van der Waals surface area contributed by atoms with Crippen molar-refractivity contribution in [1.82, 2.24) is 0 Å². The maximum Gasteiger partial charge on any atom is 0.0398 e. The zero-order chi connectivity index (χ0) is 13.1. The van der Waals surface area contributed by atoms with Crippen LogP contribution in [0.5, 0.6) is 0 Å². The summed E-state index contributed by atoms with van der Waals surface area (Å²) in [5, 5.41) is 0.556. The summed E-state index contributed by atoms with van der Waals surface area (Å²) in [6.45, 7) is 0. The first-order valence-corrected chi connectivity index (χ1v) is 9.82. The Balaban J connectivity index is 1.50. The predicted octanol–water partition coefficient (Wildman–Crippen LogP) is 5.10. The molecule has 8 saturated carbocycles. The van der Waals surface area contributed by atoms with Crippen LogP contribution in [0.1, 0.15) is 57.8 Å². The van der Waals surface area contributed by atoms with Gasteiger partial charge in [0.25, 0.3) is 0 Å². The molecule has 1 spiro atoms. The van der Waals surface area contributed by atoms with Crippen molar-refractivity contribution in [2.75, 3.05) is 0 Å². The number of hydrogen-bond donors (Lipinski definition) is 0. The average molecular weight is 291 g/mol.